The van der Waals surface area contributed by atoms with Crippen LogP contribution in [0, 0.1) is 0 Å². The van der Waals surface area contributed by atoms with Crippen molar-refractivity contribution < 1.29 is 14.3 Å². The summed E-state index contributed by atoms with van der Waals surface area (Å²) in [5.41, 5.74) is -0.860. The second-order valence-electron chi connectivity index (χ2n) is 4.78. The minimum atomic E-state index is -0.860. The molecule has 1 N–H and O–H groups in total. The third-order valence-electron chi connectivity index (χ3n) is 3.19. The zero-order valence-electron chi connectivity index (χ0n) is 10.9. The van der Waals surface area contributed by atoms with Crippen LogP contribution in [-0.4, -0.2) is 34.1 Å². The van der Waals surface area contributed by atoms with Gasteiger partial charge in [0.25, 0.3) is 0 Å². The summed E-state index contributed by atoms with van der Waals surface area (Å²) in [6.45, 7) is 8.16. The number of carboxylic acid groups (broad SMARTS) is 1. The average molecular weight is 239 g/mol. The molecule has 1 heterocycles. The molecule has 0 saturated carbocycles. The summed E-state index contributed by atoms with van der Waals surface area (Å²) in [4.78, 5) is 13.2. The molecule has 0 fully saturated rings. The Kier molecular flexibility index (Phi) is 4.34. The molecule has 17 heavy (non-hydrogen) atoms. The van der Waals surface area contributed by atoms with Crippen LogP contribution in [0.4, 0.5) is 0 Å². The van der Waals surface area contributed by atoms with E-state index in [1.807, 2.05) is 30.9 Å². The monoisotopic (exact) mass is 239 g/mol. The number of furan rings is 1. The highest BCUT2D eigenvalue weighted by Crippen LogP contribution is 2.20. The number of carbonyl (C=O) groups is 1. The highest BCUT2D eigenvalue weighted by atomic mass is 16.4. The number of aliphatic carboxylic acids is 1. The summed E-state index contributed by atoms with van der Waals surface area (Å²) in [6.07, 6.45) is 2.36. The van der Waals surface area contributed by atoms with Crippen LogP contribution in [0.2, 0.25) is 0 Å². The van der Waals surface area contributed by atoms with Crippen molar-refractivity contribution in [3.63, 3.8) is 0 Å². The van der Waals surface area contributed by atoms with Crippen molar-refractivity contribution >= 4 is 5.97 Å². The van der Waals surface area contributed by atoms with Crippen LogP contribution < -0.4 is 0 Å². The summed E-state index contributed by atoms with van der Waals surface area (Å²) < 4.78 is 5.30. The maximum atomic E-state index is 11.3. The molecule has 0 amide bonds. The van der Waals surface area contributed by atoms with Crippen molar-refractivity contribution in [1.82, 2.24) is 4.90 Å². The number of likely N-dealkylation sites (N-methyl/N-ethyl adjacent to an activating group) is 1. The Labute approximate surface area is 102 Å². The van der Waals surface area contributed by atoms with E-state index in [9.17, 15) is 9.90 Å². The maximum Gasteiger partial charge on any atom is 0.323 e. The maximum absolute atomic E-state index is 11.3. The highest BCUT2D eigenvalue weighted by Gasteiger charge is 2.36. The van der Waals surface area contributed by atoms with Gasteiger partial charge in [-0.25, -0.2) is 0 Å². The molecule has 0 saturated heterocycles. The van der Waals surface area contributed by atoms with Gasteiger partial charge in [-0.3, -0.25) is 9.69 Å². The minimum Gasteiger partial charge on any atom is -0.480 e. The van der Waals surface area contributed by atoms with Gasteiger partial charge in [0.2, 0.25) is 0 Å². The topological polar surface area (TPSA) is 53.7 Å². The van der Waals surface area contributed by atoms with Crippen molar-refractivity contribution in [3.05, 3.63) is 24.2 Å². The molecule has 4 heteroatoms. The molecule has 4 nitrogen and oxygen atoms in total. The van der Waals surface area contributed by atoms with Crippen molar-refractivity contribution in [1.29, 1.82) is 0 Å². The van der Waals surface area contributed by atoms with E-state index in [4.69, 9.17) is 4.42 Å². The Bertz CT molecular complexity index is 357. The van der Waals surface area contributed by atoms with Crippen molar-refractivity contribution in [2.45, 2.75) is 45.7 Å². The van der Waals surface area contributed by atoms with E-state index in [2.05, 4.69) is 0 Å². The molecule has 0 aliphatic rings. The van der Waals surface area contributed by atoms with Crippen LogP contribution in [0.15, 0.2) is 22.8 Å². The molecule has 1 rings (SSSR count). The number of rotatable bonds is 6. The fourth-order valence-electron chi connectivity index (χ4n) is 2.21. The molecule has 1 unspecified atom stereocenters. The first-order valence-corrected chi connectivity index (χ1v) is 5.92. The molecule has 0 radical (unpaired) electrons. The lowest BCUT2D eigenvalue weighted by Gasteiger charge is -2.38. The molecule has 1 aromatic heterocycles. The van der Waals surface area contributed by atoms with Gasteiger partial charge in [-0.15, -0.1) is 0 Å². The molecule has 0 aliphatic heterocycles. The van der Waals surface area contributed by atoms with Crippen LogP contribution in [-0.2, 0) is 11.2 Å². The second kappa shape index (κ2) is 5.36. The summed E-state index contributed by atoms with van der Waals surface area (Å²) in [5, 5.41) is 9.25. The summed E-state index contributed by atoms with van der Waals surface area (Å²) in [7, 11) is 0. The first-order chi connectivity index (χ1) is 7.89. The van der Waals surface area contributed by atoms with Gasteiger partial charge in [0.1, 0.15) is 11.3 Å². The Morgan fingerprint density at radius 1 is 1.59 bits per heavy atom. The van der Waals surface area contributed by atoms with Gasteiger partial charge in [0.05, 0.1) is 6.26 Å². The lowest BCUT2D eigenvalue weighted by Crippen LogP contribution is -2.54. The predicted octanol–water partition coefficient (Wildman–Crippen LogP) is 2.40. The quantitative estimate of drug-likeness (QED) is 0.828. The van der Waals surface area contributed by atoms with Crippen LogP contribution in [0.1, 0.15) is 33.5 Å². The van der Waals surface area contributed by atoms with Gasteiger partial charge in [-0.2, -0.15) is 0 Å². The fourth-order valence-corrected chi connectivity index (χ4v) is 2.21. The van der Waals surface area contributed by atoms with Gasteiger partial charge in [-0.05, 0) is 39.4 Å². The molecular weight excluding hydrogens is 218 g/mol. The van der Waals surface area contributed by atoms with Gasteiger partial charge in [0.15, 0.2) is 0 Å². The first-order valence-electron chi connectivity index (χ1n) is 5.92. The zero-order valence-corrected chi connectivity index (χ0v) is 10.9. The van der Waals surface area contributed by atoms with E-state index in [0.717, 1.165) is 12.2 Å². The number of hydrogen-bond donors (Lipinski definition) is 1. The summed E-state index contributed by atoms with van der Waals surface area (Å²) in [6, 6.07) is 3.89. The fraction of sp³-hybridized carbons (Fsp3) is 0.615. The van der Waals surface area contributed by atoms with Gasteiger partial charge in [-0.1, -0.05) is 6.92 Å². The Balaban J connectivity index is 2.77. The van der Waals surface area contributed by atoms with E-state index >= 15 is 0 Å². The minimum absolute atomic E-state index is 0.122. The van der Waals surface area contributed by atoms with Crippen molar-refractivity contribution in [3.8, 4) is 0 Å². The summed E-state index contributed by atoms with van der Waals surface area (Å²) >= 11 is 0. The standard InChI is InChI=1S/C13H21NO3/c1-5-14(13(3,4)12(15)16)10(2)9-11-7-6-8-17-11/h6-8,10H,5,9H2,1-4H3,(H,15,16). The van der Waals surface area contributed by atoms with Crippen molar-refractivity contribution in [2.75, 3.05) is 6.54 Å². The van der Waals surface area contributed by atoms with E-state index in [-0.39, 0.29) is 6.04 Å². The van der Waals surface area contributed by atoms with E-state index in [1.54, 1.807) is 20.1 Å². The normalized spacial score (nSPS) is 13.9. The average Bonchev–Trinajstić information content (AvgIpc) is 2.70. The van der Waals surface area contributed by atoms with Gasteiger partial charge >= 0.3 is 5.97 Å². The smallest absolute Gasteiger partial charge is 0.323 e. The van der Waals surface area contributed by atoms with Crippen LogP contribution >= 0.6 is 0 Å². The van der Waals surface area contributed by atoms with Gasteiger partial charge < -0.3 is 9.52 Å². The Morgan fingerprint density at radius 3 is 2.65 bits per heavy atom. The Hall–Kier alpha value is -1.29. The van der Waals surface area contributed by atoms with Crippen molar-refractivity contribution in [2.24, 2.45) is 0 Å². The molecule has 0 bridgehead atoms. The number of hydrogen-bond acceptors (Lipinski definition) is 3. The van der Waals surface area contributed by atoms with Crippen LogP contribution in [0.25, 0.3) is 0 Å². The van der Waals surface area contributed by atoms with E-state index in [1.165, 1.54) is 0 Å². The molecule has 0 spiro atoms. The SMILES string of the molecule is CCN(C(C)Cc1ccco1)C(C)(C)C(=O)O. The second-order valence-corrected chi connectivity index (χ2v) is 4.78. The van der Waals surface area contributed by atoms with E-state index < -0.39 is 11.5 Å². The number of nitrogens with zero attached hydrogens (tertiary/aromatic N) is 1. The van der Waals surface area contributed by atoms with Crippen LogP contribution in [0.5, 0.6) is 0 Å². The van der Waals surface area contributed by atoms with Gasteiger partial charge in [0, 0.05) is 12.5 Å². The number of carboxylic acids is 1. The van der Waals surface area contributed by atoms with E-state index in [0.29, 0.717) is 6.54 Å². The lowest BCUT2D eigenvalue weighted by molar-refractivity contribution is -0.150. The molecule has 96 valence electrons. The largest absolute Gasteiger partial charge is 0.480 e. The Morgan fingerprint density at radius 2 is 2.24 bits per heavy atom. The molecular formula is C13H21NO3. The summed E-state index contributed by atoms with van der Waals surface area (Å²) in [5.74, 6) is 0.0859. The molecule has 1 aromatic rings. The third-order valence-corrected chi connectivity index (χ3v) is 3.19. The first kappa shape index (κ1) is 13.8. The highest BCUT2D eigenvalue weighted by molar-refractivity contribution is 5.77. The lowest BCUT2D eigenvalue weighted by atomic mass is 9.99. The molecule has 1 atom stereocenters. The molecule has 0 aliphatic carbocycles. The third kappa shape index (κ3) is 3.09. The van der Waals surface area contributed by atoms with Crippen LogP contribution in [0.3, 0.4) is 0 Å². The zero-order chi connectivity index (χ0) is 13.1. The predicted molar refractivity (Wildman–Crippen MR) is 66.0 cm³/mol. The molecule has 0 aromatic carbocycles.